The molecule has 0 unspecified atom stereocenters. The number of carboxylic acid groups (broad SMARTS) is 1. The highest BCUT2D eigenvalue weighted by Gasteiger charge is 2.10. The van der Waals surface area contributed by atoms with Crippen molar-refractivity contribution in [2.45, 2.75) is 20.3 Å². The average molecular weight is 313 g/mol. The number of carbonyl (C=O) groups excluding carboxylic acids is 1. The van der Waals surface area contributed by atoms with E-state index < -0.39 is 5.97 Å². The van der Waals surface area contributed by atoms with E-state index in [0.29, 0.717) is 12.3 Å². The summed E-state index contributed by atoms with van der Waals surface area (Å²) in [6, 6.07) is 12.0. The summed E-state index contributed by atoms with van der Waals surface area (Å²) in [6.45, 7) is 4.33. The smallest absolute Gasteiger partial charge is 0.335 e. The molecule has 1 amide bonds. The van der Waals surface area contributed by atoms with Crippen molar-refractivity contribution in [1.82, 2.24) is 0 Å². The standard InChI is InChI=1S/C18H19NO4/c1-3-23-15-8-5-13(6-9-15)10-17(20)19-16-11-14(18(21)22)7-4-12(16)2/h4-9,11H,3,10H2,1-2H3,(H,19,20)(H,21,22). The Balaban J connectivity index is 2.04. The van der Waals surface area contributed by atoms with E-state index in [9.17, 15) is 9.59 Å². The number of hydrogen-bond donors (Lipinski definition) is 2. The molecule has 2 N–H and O–H groups in total. The van der Waals surface area contributed by atoms with E-state index in [1.807, 2.05) is 38.1 Å². The Kier molecular flexibility index (Phi) is 5.36. The molecule has 0 aliphatic carbocycles. The SMILES string of the molecule is CCOc1ccc(CC(=O)Nc2cc(C(=O)O)ccc2C)cc1. The van der Waals surface area contributed by atoms with Gasteiger partial charge in [0.05, 0.1) is 18.6 Å². The van der Waals surface area contributed by atoms with E-state index in [1.165, 1.54) is 12.1 Å². The highest BCUT2D eigenvalue weighted by molar-refractivity contribution is 5.95. The summed E-state index contributed by atoms with van der Waals surface area (Å²) in [7, 11) is 0. The van der Waals surface area contributed by atoms with Crippen molar-refractivity contribution < 1.29 is 19.4 Å². The molecule has 0 aromatic heterocycles. The largest absolute Gasteiger partial charge is 0.494 e. The molecular weight excluding hydrogens is 294 g/mol. The van der Waals surface area contributed by atoms with Crippen LogP contribution in [0.2, 0.25) is 0 Å². The lowest BCUT2D eigenvalue weighted by Crippen LogP contribution is -2.15. The van der Waals surface area contributed by atoms with Gasteiger partial charge in [0.25, 0.3) is 0 Å². The van der Waals surface area contributed by atoms with Crippen molar-refractivity contribution in [3.63, 3.8) is 0 Å². The van der Waals surface area contributed by atoms with Gasteiger partial charge in [-0.05, 0) is 49.2 Å². The molecule has 2 rings (SSSR count). The number of aryl methyl sites for hydroxylation is 1. The first kappa shape index (κ1) is 16.5. The third-order valence-electron chi connectivity index (χ3n) is 3.36. The van der Waals surface area contributed by atoms with Crippen LogP contribution in [0.1, 0.15) is 28.4 Å². The summed E-state index contributed by atoms with van der Waals surface area (Å²) in [5, 5.41) is 11.8. The van der Waals surface area contributed by atoms with Crippen LogP contribution in [-0.4, -0.2) is 23.6 Å². The predicted octanol–water partition coefficient (Wildman–Crippen LogP) is 3.27. The summed E-state index contributed by atoms with van der Waals surface area (Å²) in [5.74, 6) is -0.450. The molecule has 0 fully saturated rings. The normalized spacial score (nSPS) is 10.2. The van der Waals surface area contributed by atoms with Crippen molar-refractivity contribution in [3.8, 4) is 5.75 Å². The first-order chi connectivity index (χ1) is 11.0. The Hall–Kier alpha value is -2.82. The molecule has 0 aliphatic rings. The van der Waals surface area contributed by atoms with Gasteiger partial charge in [-0.2, -0.15) is 0 Å². The van der Waals surface area contributed by atoms with Crippen molar-refractivity contribution in [2.75, 3.05) is 11.9 Å². The number of carboxylic acids is 1. The molecule has 2 aromatic rings. The topological polar surface area (TPSA) is 75.6 Å². The number of carbonyl (C=O) groups is 2. The number of rotatable bonds is 6. The minimum atomic E-state index is -1.02. The van der Waals surface area contributed by atoms with Crippen LogP contribution in [0, 0.1) is 6.92 Å². The summed E-state index contributed by atoms with van der Waals surface area (Å²) in [4.78, 5) is 23.1. The Labute approximate surface area is 134 Å². The number of ether oxygens (including phenoxy) is 1. The van der Waals surface area contributed by atoms with Gasteiger partial charge in [0.15, 0.2) is 0 Å². The number of amides is 1. The molecule has 0 spiro atoms. The Morgan fingerprint density at radius 2 is 1.83 bits per heavy atom. The van der Waals surface area contributed by atoms with Crippen molar-refractivity contribution in [1.29, 1.82) is 0 Å². The summed E-state index contributed by atoms with van der Waals surface area (Å²) in [6.07, 6.45) is 0.211. The lowest BCUT2D eigenvalue weighted by molar-refractivity contribution is -0.115. The quantitative estimate of drug-likeness (QED) is 0.858. The molecule has 23 heavy (non-hydrogen) atoms. The second-order valence-corrected chi connectivity index (χ2v) is 5.14. The summed E-state index contributed by atoms with van der Waals surface area (Å²) in [5.41, 5.74) is 2.33. The van der Waals surface area contributed by atoms with E-state index in [1.54, 1.807) is 6.07 Å². The van der Waals surface area contributed by atoms with Crippen LogP contribution in [0.3, 0.4) is 0 Å². The lowest BCUT2D eigenvalue weighted by atomic mass is 10.1. The van der Waals surface area contributed by atoms with E-state index in [-0.39, 0.29) is 17.9 Å². The monoisotopic (exact) mass is 313 g/mol. The molecule has 0 bridgehead atoms. The minimum absolute atomic E-state index is 0.145. The van der Waals surface area contributed by atoms with Crippen molar-refractivity contribution >= 4 is 17.6 Å². The number of hydrogen-bond acceptors (Lipinski definition) is 3. The zero-order valence-corrected chi connectivity index (χ0v) is 13.1. The van der Waals surface area contributed by atoms with Gasteiger partial charge >= 0.3 is 5.97 Å². The maximum absolute atomic E-state index is 12.1. The maximum Gasteiger partial charge on any atom is 0.335 e. The van der Waals surface area contributed by atoms with E-state index in [4.69, 9.17) is 9.84 Å². The first-order valence-corrected chi connectivity index (χ1v) is 7.35. The molecule has 120 valence electrons. The maximum atomic E-state index is 12.1. The summed E-state index contributed by atoms with van der Waals surface area (Å²) >= 11 is 0. The molecule has 0 saturated heterocycles. The fourth-order valence-electron chi connectivity index (χ4n) is 2.14. The van der Waals surface area contributed by atoms with Crippen molar-refractivity contribution in [2.24, 2.45) is 0 Å². The van der Waals surface area contributed by atoms with Gasteiger partial charge in [0.2, 0.25) is 5.91 Å². The molecule has 0 aliphatic heterocycles. The Bertz CT molecular complexity index is 707. The van der Waals surface area contributed by atoms with Gasteiger partial charge in [-0.15, -0.1) is 0 Å². The van der Waals surface area contributed by atoms with Crippen LogP contribution < -0.4 is 10.1 Å². The molecule has 0 radical (unpaired) electrons. The molecule has 0 atom stereocenters. The number of nitrogens with one attached hydrogen (secondary N) is 1. The third kappa shape index (κ3) is 4.57. The van der Waals surface area contributed by atoms with Crippen LogP contribution in [0.4, 0.5) is 5.69 Å². The Morgan fingerprint density at radius 1 is 1.13 bits per heavy atom. The van der Waals surface area contributed by atoms with Crippen LogP contribution in [0.5, 0.6) is 5.75 Å². The highest BCUT2D eigenvalue weighted by atomic mass is 16.5. The van der Waals surface area contributed by atoms with E-state index in [0.717, 1.165) is 16.9 Å². The average Bonchev–Trinajstić information content (AvgIpc) is 2.51. The second-order valence-electron chi connectivity index (χ2n) is 5.14. The number of aromatic carboxylic acids is 1. The first-order valence-electron chi connectivity index (χ1n) is 7.35. The predicted molar refractivity (Wildman–Crippen MR) is 88.1 cm³/mol. The fraction of sp³-hybridized carbons (Fsp3) is 0.222. The van der Waals surface area contributed by atoms with Crippen LogP contribution in [-0.2, 0) is 11.2 Å². The molecule has 5 heteroatoms. The van der Waals surface area contributed by atoms with Gasteiger partial charge in [-0.3, -0.25) is 4.79 Å². The van der Waals surface area contributed by atoms with Crippen LogP contribution in [0.15, 0.2) is 42.5 Å². The minimum Gasteiger partial charge on any atom is -0.494 e. The molecule has 5 nitrogen and oxygen atoms in total. The van der Waals surface area contributed by atoms with Gasteiger partial charge in [0, 0.05) is 5.69 Å². The zero-order chi connectivity index (χ0) is 16.8. The highest BCUT2D eigenvalue weighted by Crippen LogP contribution is 2.18. The molecule has 0 heterocycles. The summed E-state index contributed by atoms with van der Waals surface area (Å²) < 4.78 is 5.36. The zero-order valence-electron chi connectivity index (χ0n) is 13.1. The molecule has 0 saturated carbocycles. The van der Waals surface area contributed by atoms with E-state index >= 15 is 0 Å². The molecule has 2 aromatic carbocycles. The second kappa shape index (κ2) is 7.45. The number of anilines is 1. The van der Waals surface area contributed by atoms with Gasteiger partial charge in [-0.25, -0.2) is 4.79 Å². The van der Waals surface area contributed by atoms with Gasteiger partial charge in [0.1, 0.15) is 5.75 Å². The third-order valence-corrected chi connectivity index (χ3v) is 3.36. The fourth-order valence-corrected chi connectivity index (χ4v) is 2.14. The number of benzene rings is 2. The van der Waals surface area contributed by atoms with Crippen LogP contribution in [0.25, 0.3) is 0 Å². The lowest BCUT2D eigenvalue weighted by Gasteiger charge is -2.10. The van der Waals surface area contributed by atoms with Crippen molar-refractivity contribution in [3.05, 3.63) is 59.2 Å². The van der Waals surface area contributed by atoms with Gasteiger partial charge < -0.3 is 15.2 Å². The Morgan fingerprint density at radius 3 is 2.43 bits per heavy atom. The van der Waals surface area contributed by atoms with E-state index in [2.05, 4.69) is 5.32 Å². The van der Waals surface area contributed by atoms with Gasteiger partial charge in [-0.1, -0.05) is 18.2 Å². The molecular formula is C18H19NO4. The van der Waals surface area contributed by atoms with Crippen LogP contribution >= 0.6 is 0 Å².